The first-order valence-electron chi connectivity index (χ1n) is 5.24. The van der Waals surface area contributed by atoms with Gasteiger partial charge in [-0.1, -0.05) is 39.0 Å². The van der Waals surface area contributed by atoms with Crippen molar-refractivity contribution in [2.45, 2.75) is 33.1 Å². The summed E-state index contributed by atoms with van der Waals surface area (Å²) >= 11 is 4.90. The standard InChI is InChI=1S/C12H18N2S/c1-4-9-6-5-7-10(8(2)3)11(9)14-12(13)15/h5-8H,4H2,1-3H3,(H3,13,14,15). The minimum Gasteiger partial charge on any atom is -0.376 e. The van der Waals surface area contributed by atoms with Crippen LogP contribution >= 0.6 is 12.2 Å². The molecule has 0 aromatic heterocycles. The molecule has 2 nitrogen and oxygen atoms in total. The van der Waals surface area contributed by atoms with Crippen LogP contribution in [0.3, 0.4) is 0 Å². The molecule has 15 heavy (non-hydrogen) atoms. The van der Waals surface area contributed by atoms with Crippen LogP contribution in [0.1, 0.15) is 37.8 Å². The monoisotopic (exact) mass is 222 g/mol. The number of nitrogens with one attached hydrogen (secondary N) is 1. The topological polar surface area (TPSA) is 38.0 Å². The van der Waals surface area contributed by atoms with Crippen LogP contribution in [0, 0.1) is 0 Å². The Morgan fingerprint density at radius 3 is 2.60 bits per heavy atom. The molecular formula is C12H18N2S. The summed E-state index contributed by atoms with van der Waals surface area (Å²) < 4.78 is 0. The van der Waals surface area contributed by atoms with E-state index in [1.165, 1.54) is 11.1 Å². The first-order valence-corrected chi connectivity index (χ1v) is 5.65. The van der Waals surface area contributed by atoms with Crippen molar-refractivity contribution in [3.63, 3.8) is 0 Å². The van der Waals surface area contributed by atoms with Crippen molar-refractivity contribution in [1.82, 2.24) is 0 Å². The summed E-state index contributed by atoms with van der Waals surface area (Å²) in [6, 6.07) is 6.30. The van der Waals surface area contributed by atoms with Gasteiger partial charge in [0.05, 0.1) is 0 Å². The Labute approximate surface area is 96.9 Å². The van der Waals surface area contributed by atoms with Crippen LogP contribution in [0.2, 0.25) is 0 Å². The summed E-state index contributed by atoms with van der Waals surface area (Å²) in [5, 5.41) is 3.41. The summed E-state index contributed by atoms with van der Waals surface area (Å²) in [5.41, 5.74) is 9.15. The third kappa shape index (κ3) is 2.93. The lowest BCUT2D eigenvalue weighted by Crippen LogP contribution is -2.21. The Hall–Kier alpha value is -1.09. The molecule has 0 amide bonds. The van der Waals surface area contributed by atoms with Gasteiger partial charge in [-0.2, -0.15) is 0 Å². The summed E-state index contributed by atoms with van der Waals surface area (Å²) in [4.78, 5) is 0. The first kappa shape index (κ1) is 12.0. The number of aryl methyl sites for hydroxylation is 1. The molecule has 3 N–H and O–H groups in total. The number of benzene rings is 1. The van der Waals surface area contributed by atoms with E-state index >= 15 is 0 Å². The largest absolute Gasteiger partial charge is 0.376 e. The molecule has 0 saturated carbocycles. The van der Waals surface area contributed by atoms with Crippen molar-refractivity contribution in [2.24, 2.45) is 5.73 Å². The second-order valence-electron chi connectivity index (χ2n) is 3.88. The van der Waals surface area contributed by atoms with Crippen molar-refractivity contribution >= 4 is 23.0 Å². The summed E-state index contributed by atoms with van der Waals surface area (Å²) in [6.07, 6.45) is 0.978. The highest BCUT2D eigenvalue weighted by Crippen LogP contribution is 2.28. The van der Waals surface area contributed by atoms with Gasteiger partial charge in [-0.15, -0.1) is 0 Å². The number of anilines is 1. The Bertz CT molecular complexity index is 359. The van der Waals surface area contributed by atoms with Crippen LogP contribution < -0.4 is 11.1 Å². The number of hydrogen-bond donors (Lipinski definition) is 2. The fraction of sp³-hybridized carbons (Fsp3) is 0.417. The second-order valence-corrected chi connectivity index (χ2v) is 4.32. The zero-order valence-electron chi connectivity index (χ0n) is 9.50. The third-order valence-corrected chi connectivity index (χ3v) is 2.54. The van der Waals surface area contributed by atoms with E-state index in [2.05, 4.69) is 44.3 Å². The predicted octanol–water partition coefficient (Wildman–Crippen LogP) is 3.03. The van der Waals surface area contributed by atoms with Gasteiger partial charge in [0, 0.05) is 5.69 Å². The maximum absolute atomic E-state index is 5.54. The van der Waals surface area contributed by atoms with E-state index in [0.29, 0.717) is 11.0 Å². The molecule has 0 spiro atoms. The van der Waals surface area contributed by atoms with Crippen LogP contribution in [0.4, 0.5) is 5.69 Å². The normalized spacial score (nSPS) is 10.4. The van der Waals surface area contributed by atoms with Crippen LogP contribution in [0.25, 0.3) is 0 Å². The average molecular weight is 222 g/mol. The fourth-order valence-corrected chi connectivity index (χ4v) is 1.77. The molecule has 0 atom stereocenters. The van der Waals surface area contributed by atoms with Crippen LogP contribution in [-0.2, 0) is 6.42 Å². The zero-order chi connectivity index (χ0) is 11.4. The Kier molecular flexibility index (Phi) is 4.09. The minimum atomic E-state index is 0.331. The molecular weight excluding hydrogens is 204 g/mol. The van der Waals surface area contributed by atoms with Gasteiger partial charge in [-0.3, -0.25) is 0 Å². The van der Waals surface area contributed by atoms with Gasteiger partial charge in [0.25, 0.3) is 0 Å². The Balaban J connectivity index is 3.20. The van der Waals surface area contributed by atoms with Crippen molar-refractivity contribution in [1.29, 1.82) is 0 Å². The molecule has 0 fully saturated rings. The lowest BCUT2D eigenvalue weighted by atomic mass is 9.97. The molecule has 1 aromatic carbocycles. The first-order chi connectivity index (χ1) is 7.06. The maximum Gasteiger partial charge on any atom is 0.168 e. The van der Waals surface area contributed by atoms with E-state index in [1.807, 2.05) is 0 Å². The fourth-order valence-electron chi connectivity index (χ4n) is 1.67. The molecule has 0 saturated heterocycles. The molecule has 0 aliphatic rings. The smallest absolute Gasteiger partial charge is 0.168 e. The highest BCUT2D eigenvalue weighted by molar-refractivity contribution is 7.80. The molecule has 0 unspecified atom stereocenters. The van der Waals surface area contributed by atoms with E-state index in [9.17, 15) is 0 Å². The highest BCUT2D eigenvalue weighted by Gasteiger charge is 2.10. The molecule has 0 heterocycles. The quantitative estimate of drug-likeness (QED) is 0.772. The average Bonchev–Trinajstić information content (AvgIpc) is 2.16. The molecule has 1 aromatic rings. The zero-order valence-corrected chi connectivity index (χ0v) is 10.3. The minimum absolute atomic E-state index is 0.331. The number of nitrogens with two attached hydrogens (primary N) is 1. The molecule has 0 aliphatic carbocycles. The lowest BCUT2D eigenvalue weighted by molar-refractivity contribution is 0.866. The van der Waals surface area contributed by atoms with Gasteiger partial charge in [-0.25, -0.2) is 0 Å². The van der Waals surface area contributed by atoms with E-state index < -0.39 is 0 Å². The SMILES string of the molecule is CCc1cccc(C(C)C)c1NC(N)=S. The van der Waals surface area contributed by atoms with Crippen LogP contribution in [-0.4, -0.2) is 5.11 Å². The van der Waals surface area contributed by atoms with Gasteiger partial charge in [-0.05, 0) is 35.7 Å². The van der Waals surface area contributed by atoms with Gasteiger partial charge < -0.3 is 11.1 Å². The van der Waals surface area contributed by atoms with Crippen molar-refractivity contribution in [2.75, 3.05) is 5.32 Å². The summed E-state index contributed by atoms with van der Waals surface area (Å²) in [6.45, 7) is 6.46. The Morgan fingerprint density at radius 2 is 2.13 bits per heavy atom. The van der Waals surface area contributed by atoms with Crippen molar-refractivity contribution in [3.8, 4) is 0 Å². The van der Waals surface area contributed by atoms with Gasteiger partial charge in [0.2, 0.25) is 0 Å². The number of para-hydroxylation sites is 1. The number of hydrogen-bond acceptors (Lipinski definition) is 1. The second kappa shape index (κ2) is 5.12. The van der Waals surface area contributed by atoms with Crippen LogP contribution in [0.15, 0.2) is 18.2 Å². The molecule has 0 aliphatic heterocycles. The third-order valence-electron chi connectivity index (χ3n) is 2.43. The Morgan fingerprint density at radius 1 is 1.47 bits per heavy atom. The number of thiocarbonyl (C=S) groups is 1. The van der Waals surface area contributed by atoms with Gasteiger partial charge >= 0.3 is 0 Å². The van der Waals surface area contributed by atoms with E-state index in [0.717, 1.165) is 12.1 Å². The lowest BCUT2D eigenvalue weighted by Gasteiger charge is -2.17. The number of rotatable bonds is 3. The van der Waals surface area contributed by atoms with E-state index in [4.69, 9.17) is 18.0 Å². The summed E-state index contributed by atoms with van der Waals surface area (Å²) in [5.74, 6) is 0.466. The maximum atomic E-state index is 5.54. The van der Waals surface area contributed by atoms with Crippen molar-refractivity contribution < 1.29 is 0 Å². The van der Waals surface area contributed by atoms with Crippen molar-refractivity contribution in [3.05, 3.63) is 29.3 Å². The molecule has 3 heteroatoms. The van der Waals surface area contributed by atoms with E-state index in [-0.39, 0.29) is 0 Å². The molecule has 1 rings (SSSR count). The summed E-state index contributed by atoms with van der Waals surface area (Å²) in [7, 11) is 0. The predicted molar refractivity (Wildman–Crippen MR) is 70.3 cm³/mol. The van der Waals surface area contributed by atoms with E-state index in [1.54, 1.807) is 0 Å². The molecule has 0 bridgehead atoms. The van der Waals surface area contributed by atoms with Crippen LogP contribution in [0.5, 0.6) is 0 Å². The molecule has 82 valence electrons. The van der Waals surface area contributed by atoms with Gasteiger partial charge in [0.15, 0.2) is 5.11 Å². The molecule has 0 radical (unpaired) electrons. The highest BCUT2D eigenvalue weighted by atomic mass is 32.1. The van der Waals surface area contributed by atoms with Gasteiger partial charge in [0.1, 0.15) is 0 Å².